The topological polar surface area (TPSA) is 32.3 Å². The Labute approximate surface area is 115 Å². The normalized spacial score (nSPS) is 12.3. The van der Waals surface area contributed by atoms with Crippen LogP contribution in [0.15, 0.2) is 4.79 Å². The molecule has 0 radical (unpaired) electrons. The maximum Gasteiger partial charge on any atom is 0.204 e. The Bertz CT molecular complexity index is 467. The van der Waals surface area contributed by atoms with Crippen LogP contribution in [0.5, 0.6) is 0 Å². The van der Waals surface area contributed by atoms with E-state index in [1.165, 1.54) is 0 Å². The van der Waals surface area contributed by atoms with Crippen molar-refractivity contribution in [1.82, 2.24) is 4.90 Å². The summed E-state index contributed by atoms with van der Waals surface area (Å²) in [5.74, 6) is 0. The summed E-state index contributed by atoms with van der Waals surface area (Å²) < 4.78 is 0.476. The predicted molar refractivity (Wildman–Crippen MR) is 80.9 cm³/mol. The fourth-order valence-electron chi connectivity index (χ4n) is 2.00. The molecule has 0 heterocycles. The van der Waals surface area contributed by atoms with Crippen LogP contribution < -0.4 is 10.7 Å². The molecule has 1 rings (SSSR count). The zero-order valence-electron chi connectivity index (χ0n) is 12.1. The van der Waals surface area contributed by atoms with Gasteiger partial charge in [-0.25, -0.2) is 0 Å². The Morgan fingerprint density at radius 2 is 1.94 bits per heavy atom. The van der Waals surface area contributed by atoms with Gasteiger partial charge in [0.25, 0.3) is 0 Å². The number of anilines is 1. The van der Waals surface area contributed by atoms with Gasteiger partial charge >= 0.3 is 0 Å². The van der Waals surface area contributed by atoms with Crippen LogP contribution in [0.3, 0.4) is 0 Å². The summed E-state index contributed by atoms with van der Waals surface area (Å²) in [6, 6.07) is 0. The molecule has 0 fully saturated rings. The molecule has 4 heteroatoms. The molecule has 0 saturated heterocycles. The van der Waals surface area contributed by atoms with E-state index in [1.54, 1.807) is 0 Å². The van der Waals surface area contributed by atoms with Gasteiger partial charge in [-0.2, -0.15) is 0 Å². The van der Waals surface area contributed by atoms with Crippen molar-refractivity contribution in [2.45, 2.75) is 39.5 Å². The number of hydrogen-bond donors (Lipinski definition) is 1. The number of nitrogens with zero attached hydrogens (tertiary/aromatic N) is 1. The summed E-state index contributed by atoms with van der Waals surface area (Å²) in [7, 11) is 2.11. The van der Waals surface area contributed by atoms with E-state index in [0.29, 0.717) is 4.51 Å². The first kappa shape index (κ1) is 15.3. The van der Waals surface area contributed by atoms with Crippen LogP contribution in [-0.4, -0.2) is 31.6 Å². The van der Waals surface area contributed by atoms with Gasteiger partial charge in [0, 0.05) is 12.1 Å². The summed E-state index contributed by atoms with van der Waals surface area (Å²) >= 11 is 5.12. The second kappa shape index (κ2) is 5.93. The van der Waals surface area contributed by atoms with Crippen LogP contribution in [-0.2, 0) is 5.41 Å². The Kier molecular flexibility index (Phi) is 5.05. The highest BCUT2D eigenvalue weighted by Crippen LogP contribution is 2.30. The Morgan fingerprint density at radius 3 is 2.44 bits per heavy atom. The Morgan fingerprint density at radius 1 is 1.33 bits per heavy atom. The molecule has 0 aliphatic rings. The molecule has 1 aromatic rings. The largest absolute Gasteiger partial charge is 0.383 e. The highest BCUT2D eigenvalue weighted by molar-refractivity contribution is 7.71. The average Bonchev–Trinajstić information content (AvgIpc) is 2.29. The molecule has 1 aromatic carbocycles. The third-order valence-corrected chi connectivity index (χ3v) is 3.61. The van der Waals surface area contributed by atoms with Crippen LogP contribution in [0.2, 0.25) is 0 Å². The lowest BCUT2D eigenvalue weighted by Gasteiger charge is -2.25. The van der Waals surface area contributed by atoms with Crippen LogP contribution in [0.4, 0.5) is 5.69 Å². The highest BCUT2D eigenvalue weighted by Gasteiger charge is 2.27. The molecule has 0 atom stereocenters. The number of nitrogens with one attached hydrogen (secondary N) is 1. The minimum atomic E-state index is -0.123. The number of hydrogen-bond acceptors (Lipinski definition) is 4. The van der Waals surface area contributed by atoms with Gasteiger partial charge in [0.05, 0.1) is 5.69 Å². The SMILES string of the molecule is CCN(C)CCCNc1c(C(C)(C)C)c(=O)c1=S. The molecule has 0 unspecified atom stereocenters. The summed E-state index contributed by atoms with van der Waals surface area (Å²) in [6.07, 6.45) is 1.06. The number of rotatable bonds is 6. The van der Waals surface area contributed by atoms with Crippen molar-refractivity contribution >= 4 is 17.9 Å². The minimum absolute atomic E-state index is 0.0469. The first-order valence-corrected chi connectivity index (χ1v) is 6.96. The molecule has 0 saturated carbocycles. The van der Waals surface area contributed by atoms with Crippen molar-refractivity contribution < 1.29 is 0 Å². The second-order valence-electron chi connectivity index (χ2n) is 5.83. The van der Waals surface area contributed by atoms with Crippen LogP contribution in [0, 0.1) is 4.51 Å². The zero-order chi connectivity index (χ0) is 13.9. The van der Waals surface area contributed by atoms with Gasteiger partial charge in [-0.3, -0.25) is 4.79 Å². The van der Waals surface area contributed by atoms with Crippen molar-refractivity contribution in [3.63, 3.8) is 0 Å². The van der Waals surface area contributed by atoms with Crippen LogP contribution in [0.25, 0.3) is 0 Å². The average molecular weight is 268 g/mol. The lowest BCUT2D eigenvalue weighted by atomic mass is 9.82. The maximum atomic E-state index is 11.8. The van der Waals surface area contributed by atoms with Crippen molar-refractivity contribution in [2.24, 2.45) is 0 Å². The van der Waals surface area contributed by atoms with Gasteiger partial charge in [0.1, 0.15) is 4.51 Å². The quantitative estimate of drug-likeness (QED) is 0.635. The molecule has 0 amide bonds. The van der Waals surface area contributed by atoms with Gasteiger partial charge in [0.2, 0.25) is 5.43 Å². The molecule has 0 bridgehead atoms. The Hall–Kier alpha value is -0.740. The van der Waals surface area contributed by atoms with Crippen molar-refractivity contribution in [2.75, 3.05) is 32.0 Å². The summed E-state index contributed by atoms with van der Waals surface area (Å²) in [4.78, 5) is 14.0. The zero-order valence-corrected chi connectivity index (χ0v) is 12.9. The smallest absolute Gasteiger partial charge is 0.204 e. The Balaban J connectivity index is 2.57. The lowest BCUT2D eigenvalue weighted by Crippen LogP contribution is -2.31. The van der Waals surface area contributed by atoms with Crippen molar-refractivity contribution in [1.29, 1.82) is 0 Å². The molecule has 18 heavy (non-hydrogen) atoms. The minimum Gasteiger partial charge on any atom is -0.383 e. The summed E-state index contributed by atoms with van der Waals surface area (Å²) in [6.45, 7) is 11.3. The fourth-order valence-corrected chi connectivity index (χ4v) is 2.27. The molecule has 3 nitrogen and oxygen atoms in total. The first-order chi connectivity index (χ1) is 8.29. The van der Waals surface area contributed by atoms with E-state index in [-0.39, 0.29) is 10.8 Å². The van der Waals surface area contributed by atoms with Gasteiger partial charge in [-0.1, -0.05) is 39.9 Å². The molecule has 1 N–H and O–H groups in total. The standard InChI is InChI=1S/C14H24N2OS/c1-6-16(5)9-7-8-15-11-10(14(2,3)4)12(17)13(11)18/h15H,6-9H2,1-5H3. The fraction of sp³-hybridized carbons (Fsp3) is 0.714. The van der Waals surface area contributed by atoms with Crippen LogP contribution in [0.1, 0.15) is 39.7 Å². The molecular formula is C14H24N2OS. The molecular weight excluding hydrogens is 244 g/mol. The highest BCUT2D eigenvalue weighted by atomic mass is 32.1. The van der Waals surface area contributed by atoms with Crippen molar-refractivity contribution in [3.05, 3.63) is 20.3 Å². The van der Waals surface area contributed by atoms with Gasteiger partial charge < -0.3 is 10.2 Å². The third-order valence-electron chi connectivity index (χ3n) is 3.22. The summed E-state index contributed by atoms with van der Waals surface area (Å²) in [5.41, 5.74) is 1.69. The first-order valence-electron chi connectivity index (χ1n) is 6.55. The lowest BCUT2D eigenvalue weighted by molar-refractivity contribution is 0.351. The van der Waals surface area contributed by atoms with E-state index in [2.05, 4.69) is 45.0 Å². The van der Waals surface area contributed by atoms with E-state index < -0.39 is 0 Å². The van der Waals surface area contributed by atoms with Gasteiger partial charge in [-0.05, 0) is 32.0 Å². The van der Waals surface area contributed by atoms with E-state index >= 15 is 0 Å². The molecule has 0 spiro atoms. The molecule has 0 aliphatic heterocycles. The van der Waals surface area contributed by atoms with Gasteiger partial charge in [-0.15, -0.1) is 0 Å². The van der Waals surface area contributed by atoms with E-state index in [0.717, 1.165) is 37.3 Å². The van der Waals surface area contributed by atoms with Crippen LogP contribution >= 0.6 is 12.2 Å². The molecule has 0 aromatic heterocycles. The van der Waals surface area contributed by atoms with E-state index in [4.69, 9.17) is 12.2 Å². The summed E-state index contributed by atoms with van der Waals surface area (Å²) in [5, 5.41) is 3.33. The van der Waals surface area contributed by atoms with E-state index in [9.17, 15) is 4.79 Å². The molecule has 0 aliphatic carbocycles. The van der Waals surface area contributed by atoms with E-state index in [1.807, 2.05) is 0 Å². The monoisotopic (exact) mass is 268 g/mol. The third kappa shape index (κ3) is 3.39. The molecule has 102 valence electrons. The maximum absolute atomic E-state index is 11.8. The van der Waals surface area contributed by atoms with Gasteiger partial charge in [0.15, 0.2) is 0 Å². The predicted octanol–water partition coefficient (Wildman–Crippen LogP) is 2.70. The van der Waals surface area contributed by atoms with Crippen molar-refractivity contribution in [3.8, 4) is 0 Å². The second-order valence-corrected chi connectivity index (χ2v) is 6.24.